The van der Waals surface area contributed by atoms with Gasteiger partial charge in [0.15, 0.2) is 5.76 Å². The second kappa shape index (κ2) is 7.79. The number of hydrogen-bond donors (Lipinski definition) is 1. The van der Waals surface area contributed by atoms with Crippen LogP contribution in [0.15, 0.2) is 63.2 Å². The maximum Gasteiger partial charge on any atom is 0.287 e. The molecule has 0 aliphatic carbocycles. The van der Waals surface area contributed by atoms with E-state index in [1.165, 1.54) is 0 Å². The predicted molar refractivity (Wildman–Crippen MR) is 95.8 cm³/mol. The summed E-state index contributed by atoms with van der Waals surface area (Å²) >= 11 is 7.40. The van der Waals surface area contributed by atoms with Crippen LogP contribution in [0.1, 0.15) is 21.2 Å². The van der Waals surface area contributed by atoms with Crippen LogP contribution in [0.3, 0.4) is 0 Å². The number of thiophene rings is 1. The highest BCUT2D eigenvalue weighted by Crippen LogP contribution is 2.17. The Balaban J connectivity index is 1.59. The SMILES string of the molecule is O=C(NCc1cccs1)c1ccc(C[S@](=O)c2ccc(Cl)cc2)o1. The van der Waals surface area contributed by atoms with Crippen LogP contribution in [0.4, 0.5) is 0 Å². The van der Waals surface area contributed by atoms with E-state index in [4.69, 9.17) is 16.0 Å². The summed E-state index contributed by atoms with van der Waals surface area (Å²) in [6, 6.07) is 14.0. The lowest BCUT2D eigenvalue weighted by atomic mass is 10.4. The number of hydrogen-bond acceptors (Lipinski definition) is 4. The Labute approximate surface area is 150 Å². The molecule has 0 bridgehead atoms. The number of furan rings is 1. The van der Waals surface area contributed by atoms with E-state index < -0.39 is 10.8 Å². The zero-order valence-electron chi connectivity index (χ0n) is 12.5. The normalized spacial score (nSPS) is 12.0. The van der Waals surface area contributed by atoms with Crippen molar-refractivity contribution in [3.63, 3.8) is 0 Å². The van der Waals surface area contributed by atoms with Crippen molar-refractivity contribution >= 4 is 39.6 Å². The third-order valence-corrected chi connectivity index (χ3v) is 5.71. The van der Waals surface area contributed by atoms with Gasteiger partial charge >= 0.3 is 0 Å². The molecule has 1 amide bonds. The molecule has 3 rings (SSSR count). The van der Waals surface area contributed by atoms with Gasteiger partial charge in [0.1, 0.15) is 5.76 Å². The van der Waals surface area contributed by atoms with Gasteiger partial charge in [-0.15, -0.1) is 11.3 Å². The number of carbonyl (C=O) groups excluding carboxylic acids is 1. The summed E-state index contributed by atoms with van der Waals surface area (Å²) in [6.07, 6.45) is 0. The molecule has 2 heterocycles. The molecule has 0 fully saturated rings. The lowest BCUT2D eigenvalue weighted by Gasteiger charge is -2.02. The molecule has 0 saturated carbocycles. The van der Waals surface area contributed by atoms with Gasteiger partial charge in [0.25, 0.3) is 5.91 Å². The van der Waals surface area contributed by atoms with Crippen LogP contribution in [0.5, 0.6) is 0 Å². The summed E-state index contributed by atoms with van der Waals surface area (Å²) in [7, 11) is -1.25. The van der Waals surface area contributed by atoms with E-state index in [2.05, 4.69) is 5.32 Å². The van der Waals surface area contributed by atoms with E-state index in [0.29, 0.717) is 22.2 Å². The molecule has 0 unspecified atom stereocenters. The first-order valence-corrected chi connectivity index (χ1v) is 9.73. The maximum absolute atomic E-state index is 12.3. The fourth-order valence-electron chi connectivity index (χ4n) is 2.04. The van der Waals surface area contributed by atoms with Gasteiger partial charge in [-0.1, -0.05) is 17.7 Å². The number of rotatable bonds is 6. The summed E-state index contributed by atoms with van der Waals surface area (Å²) in [5.74, 6) is 0.644. The van der Waals surface area contributed by atoms with Crippen molar-refractivity contribution in [2.24, 2.45) is 0 Å². The summed E-state index contributed by atoms with van der Waals surface area (Å²) < 4.78 is 17.8. The average Bonchev–Trinajstić information content (AvgIpc) is 3.25. The van der Waals surface area contributed by atoms with Crippen LogP contribution in [-0.4, -0.2) is 10.1 Å². The quantitative estimate of drug-likeness (QED) is 0.697. The average molecular weight is 380 g/mol. The first-order valence-electron chi connectivity index (χ1n) is 7.15. The van der Waals surface area contributed by atoms with E-state index in [9.17, 15) is 9.00 Å². The summed E-state index contributed by atoms with van der Waals surface area (Å²) in [5.41, 5.74) is 0. The fraction of sp³-hybridized carbons (Fsp3) is 0.118. The summed E-state index contributed by atoms with van der Waals surface area (Å²) in [5, 5.41) is 5.35. The third kappa shape index (κ3) is 4.35. The first kappa shape index (κ1) is 17.0. The highest BCUT2D eigenvalue weighted by atomic mass is 35.5. The van der Waals surface area contributed by atoms with Gasteiger partial charge in [-0.2, -0.15) is 0 Å². The van der Waals surface area contributed by atoms with Crippen LogP contribution in [-0.2, 0) is 23.1 Å². The molecule has 124 valence electrons. The lowest BCUT2D eigenvalue weighted by molar-refractivity contribution is 0.0922. The number of halogens is 1. The maximum atomic E-state index is 12.3. The number of carbonyl (C=O) groups is 1. The lowest BCUT2D eigenvalue weighted by Crippen LogP contribution is -2.21. The minimum atomic E-state index is -1.25. The van der Waals surface area contributed by atoms with Crippen molar-refractivity contribution in [3.05, 3.63) is 75.3 Å². The third-order valence-electron chi connectivity index (χ3n) is 3.24. The minimum Gasteiger partial charge on any atom is -0.455 e. The van der Waals surface area contributed by atoms with Crippen LogP contribution in [0.2, 0.25) is 5.02 Å². The number of nitrogens with one attached hydrogen (secondary N) is 1. The Hall–Kier alpha value is -1.89. The molecule has 0 spiro atoms. The minimum absolute atomic E-state index is 0.208. The van der Waals surface area contributed by atoms with Crippen molar-refractivity contribution < 1.29 is 13.4 Å². The highest BCUT2D eigenvalue weighted by Gasteiger charge is 2.13. The molecule has 1 aromatic carbocycles. The molecule has 0 radical (unpaired) electrons. The van der Waals surface area contributed by atoms with Gasteiger partial charge in [0.05, 0.1) is 23.1 Å². The molecule has 0 saturated heterocycles. The standard InChI is InChI=1S/C17H14ClNO3S2/c18-12-3-6-15(7-4-12)24(21)11-13-5-8-16(22-13)17(20)19-10-14-2-1-9-23-14/h1-9H,10-11H2,(H,19,20)/t24-/m0/s1. The summed E-state index contributed by atoms with van der Waals surface area (Å²) in [4.78, 5) is 13.8. The predicted octanol–water partition coefficient (Wildman–Crippen LogP) is 4.23. The molecule has 7 heteroatoms. The van der Waals surface area contributed by atoms with Crippen LogP contribution >= 0.6 is 22.9 Å². The van der Waals surface area contributed by atoms with Gasteiger partial charge < -0.3 is 9.73 Å². The Bertz CT molecular complexity index is 841. The molecule has 1 N–H and O–H groups in total. The van der Waals surface area contributed by atoms with Crippen LogP contribution in [0, 0.1) is 0 Å². The van der Waals surface area contributed by atoms with Crippen molar-refractivity contribution in [2.45, 2.75) is 17.2 Å². The Morgan fingerprint density at radius 3 is 2.67 bits per heavy atom. The van der Waals surface area contributed by atoms with E-state index >= 15 is 0 Å². The number of benzene rings is 1. The first-order chi connectivity index (χ1) is 11.6. The van der Waals surface area contributed by atoms with Crippen molar-refractivity contribution in [3.8, 4) is 0 Å². The van der Waals surface area contributed by atoms with Gasteiger partial charge in [0.2, 0.25) is 0 Å². The van der Waals surface area contributed by atoms with Gasteiger partial charge in [-0.05, 0) is 47.8 Å². The Morgan fingerprint density at radius 2 is 1.96 bits per heavy atom. The molecule has 0 aliphatic rings. The van der Waals surface area contributed by atoms with Crippen molar-refractivity contribution in [1.82, 2.24) is 5.32 Å². The zero-order valence-corrected chi connectivity index (χ0v) is 14.9. The molecule has 1 atom stereocenters. The highest BCUT2D eigenvalue weighted by molar-refractivity contribution is 7.84. The van der Waals surface area contributed by atoms with E-state index in [-0.39, 0.29) is 17.4 Å². The molecule has 2 aromatic heterocycles. The molecule has 0 aliphatic heterocycles. The second-order valence-electron chi connectivity index (χ2n) is 4.97. The molecular formula is C17H14ClNO3S2. The van der Waals surface area contributed by atoms with Crippen LogP contribution in [0.25, 0.3) is 0 Å². The van der Waals surface area contributed by atoms with E-state index in [1.54, 1.807) is 47.7 Å². The topological polar surface area (TPSA) is 59.3 Å². The van der Waals surface area contributed by atoms with Crippen LogP contribution < -0.4 is 5.32 Å². The molecule has 4 nitrogen and oxygen atoms in total. The van der Waals surface area contributed by atoms with Gasteiger partial charge in [-0.3, -0.25) is 9.00 Å². The molecular weight excluding hydrogens is 366 g/mol. The number of amides is 1. The second-order valence-corrected chi connectivity index (χ2v) is 7.89. The Kier molecular flexibility index (Phi) is 5.50. The van der Waals surface area contributed by atoms with Gasteiger partial charge in [-0.25, -0.2) is 0 Å². The van der Waals surface area contributed by atoms with E-state index in [0.717, 1.165) is 4.88 Å². The monoisotopic (exact) mass is 379 g/mol. The smallest absolute Gasteiger partial charge is 0.287 e. The molecule has 3 aromatic rings. The van der Waals surface area contributed by atoms with E-state index in [1.807, 2.05) is 17.5 Å². The Morgan fingerprint density at radius 1 is 1.17 bits per heavy atom. The summed E-state index contributed by atoms with van der Waals surface area (Å²) in [6.45, 7) is 0.462. The van der Waals surface area contributed by atoms with Crippen molar-refractivity contribution in [1.29, 1.82) is 0 Å². The fourth-order valence-corrected chi connectivity index (χ4v) is 3.83. The molecule has 24 heavy (non-hydrogen) atoms. The van der Waals surface area contributed by atoms with Gasteiger partial charge in [0, 0.05) is 14.8 Å². The zero-order chi connectivity index (χ0) is 16.9. The van der Waals surface area contributed by atoms with Crippen molar-refractivity contribution in [2.75, 3.05) is 0 Å². The largest absolute Gasteiger partial charge is 0.455 e.